The molecule has 26 heavy (non-hydrogen) atoms. The largest absolute Gasteiger partial charge is 0.493 e. The van der Waals surface area contributed by atoms with Crippen LogP contribution < -0.4 is 25.1 Å². The molecule has 0 saturated carbocycles. The molecule has 2 aromatic carbocycles. The van der Waals surface area contributed by atoms with Crippen molar-refractivity contribution in [3.8, 4) is 17.2 Å². The standard InChI is InChI=1S/C19H22N2O5/c1-13(26-15-7-5-4-6-8-15)19(23)21-20-18(22)12-14-9-10-16(24-2)17(11-14)25-3/h4-11,13H,12H2,1-3H3,(H,20,22)(H,21,23)/t13-/m0/s1. The summed E-state index contributed by atoms with van der Waals surface area (Å²) < 4.78 is 15.8. The molecule has 2 N–H and O–H groups in total. The fourth-order valence-corrected chi connectivity index (χ4v) is 2.21. The van der Waals surface area contributed by atoms with Crippen LogP contribution in [0.4, 0.5) is 0 Å². The van der Waals surface area contributed by atoms with Gasteiger partial charge in [-0.1, -0.05) is 24.3 Å². The van der Waals surface area contributed by atoms with Crippen LogP contribution in [0.15, 0.2) is 48.5 Å². The molecule has 0 aliphatic rings. The van der Waals surface area contributed by atoms with E-state index in [1.807, 2.05) is 18.2 Å². The Morgan fingerprint density at radius 1 is 0.962 bits per heavy atom. The highest BCUT2D eigenvalue weighted by molar-refractivity contribution is 5.85. The Labute approximate surface area is 152 Å². The van der Waals surface area contributed by atoms with Crippen LogP contribution >= 0.6 is 0 Å². The lowest BCUT2D eigenvalue weighted by molar-refractivity contribution is -0.132. The van der Waals surface area contributed by atoms with Gasteiger partial charge in [0.1, 0.15) is 5.75 Å². The zero-order valence-corrected chi connectivity index (χ0v) is 14.9. The average Bonchev–Trinajstić information content (AvgIpc) is 2.66. The van der Waals surface area contributed by atoms with Crippen LogP contribution in [0, 0.1) is 0 Å². The zero-order chi connectivity index (χ0) is 18.9. The van der Waals surface area contributed by atoms with Crippen molar-refractivity contribution in [3.63, 3.8) is 0 Å². The fourth-order valence-electron chi connectivity index (χ4n) is 2.21. The van der Waals surface area contributed by atoms with Crippen molar-refractivity contribution < 1.29 is 23.8 Å². The number of para-hydroxylation sites is 1. The van der Waals surface area contributed by atoms with E-state index in [-0.39, 0.29) is 12.3 Å². The van der Waals surface area contributed by atoms with Crippen molar-refractivity contribution in [3.05, 3.63) is 54.1 Å². The van der Waals surface area contributed by atoms with E-state index in [0.717, 1.165) is 5.56 Å². The monoisotopic (exact) mass is 358 g/mol. The molecule has 1 atom stereocenters. The molecule has 0 aliphatic heterocycles. The lowest BCUT2D eigenvalue weighted by Gasteiger charge is -2.15. The molecule has 7 heteroatoms. The minimum atomic E-state index is -0.751. The van der Waals surface area contributed by atoms with Crippen LogP contribution in [-0.2, 0) is 16.0 Å². The van der Waals surface area contributed by atoms with Gasteiger partial charge in [0.05, 0.1) is 20.6 Å². The lowest BCUT2D eigenvalue weighted by Crippen LogP contribution is -2.47. The molecule has 0 saturated heterocycles. The Bertz CT molecular complexity index is 749. The lowest BCUT2D eigenvalue weighted by atomic mass is 10.1. The van der Waals surface area contributed by atoms with Gasteiger partial charge in [-0.2, -0.15) is 0 Å². The number of ether oxygens (including phenoxy) is 3. The van der Waals surface area contributed by atoms with E-state index in [4.69, 9.17) is 14.2 Å². The summed E-state index contributed by atoms with van der Waals surface area (Å²) in [6, 6.07) is 14.2. The van der Waals surface area contributed by atoms with Gasteiger partial charge in [0.25, 0.3) is 5.91 Å². The maximum Gasteiger partial charge on any atom is 0.279 e. The number of methoxy groups -OCH3 is 2. The van der Waals surface area contributed by atoms with E-state index in [2.05, 4.69) is 10.9 Å². The number of hydrogen-bond acceptors (Lipinski definition) is 5. The van der Waals surface area contributed by atoms with E-state index in [1.54, 1.807) is 44.4 Å². The molecular weight excluding hydrogens is 336 g/mol. The third kappa shape index (κ3) is 5.41. The Hall–Kier alpha value is -3.22. The smallest absolute Gasteiger partial charge is 0.279 e. The normalized spacial score (nSPS) is 11.2. The van der Waals surface area contributed by atoms with E-state index in [1.165, 1.54) is 7.11 Å². The van der Waals surface area contributed by atoms with Crippen molar-refractivity contribution >= 4 is 11.8 Å². The van der Waals surface area contributed by atoms with Crippen molar-refractivity contribution in [1.29, 1.82) is 0 Å². The number of hydrazine groups is 1. The molecule has 0 spiro atoms. The Balaban J connectivity index is 1.83. The summed E-state index contributed by atoms with van der Waals surface area (Å²) in [6.07, 6.45) is -0.673. The highest BCUT2D eigenvalue weighted by Gasteiger charge is 2.15. The van der Waals surface area contributed by atoms with Gasteiger partial charge in [-0.05, 0) is 36.8 Å². The maximum atomic E-state index is 12.0. The molecule has 0 unspecified atom stereocenters. The Kier molecular flexibility index (Phi) is 6.84. The number of carbonyl (C=O) groups excluding carboxylic acids is 2. The van der Waals surface area contributed by atoms with Gasteiger partial charge in [0.15, 0.2) is 17.6 Å². The maximum absolute atomic E-state index is 12.0. The number of amides is 2. The third-order valence-corrected chi connectivity index (χ3v) is 3.56. The van der Waals surface area contributed by atoms with Gasteiger partial charge >= 0.3 is 0 Å². The molecule has 2 aromatic rings. The van der Waals surface area contributed by atoms with Crippen LogP contribution in [0.3, 0.4) is 0 Å². The van der Waals surface area contributed by atoms with Gasteiger partial charge in [-0.15, -0.1) is 0 Å². The van der Waals surface area contributed by atoms with Crippen molar-refractivity contribution in [2.45, 2.75) is 19.4 Å². The van der Waals surface area contributed by atoms with E-state index in [9.17, 15) is 9.59 Å². The number of benzene rings is 2. The van der Waals surface area contributed by atoms with Crippen LogP contribution in [0.1, 0.15) is 12.5 Å². The second-order valence-corrected chi connectivity index (χ2v) is 5.48. The van der Waals surface area contributed by atoms with E-state index < -0.39 is 12.0 Å². The van der Waals surface area contributed by atoms with Gasteiger partial charge < -0.3 is 14.2 Å². The first-order valence-electron chi connectivity index (χ1n) is 8.04. The molecule has 0 fully saturated rings. The number of rotatable bonds is 7. The third-order valence-electron chi connectivity index (χ3n) is 3.56. The summed E-state index contributed by atoms with van der Waals surface area (Å²) in [5, 5.41) is 0. The first kappa shape index (κ1) is 19.1. The molecule has 138 valence electrons. The minimum Gasteiger partial charge on any atom is -0.493 e. The van der Waals surface area contributed by atoms with Gasteiger partial charge in [0, 0.05) is 0 Å². The molecule has 0 bridgehead atoms. The van der Waals surface area contributed by atoms with Crippen LogP contribution in [-0.4, -0.2) is 32.1 Å². The summed E-state index contributed by atoms with van der Waals surface area (Å²) in [5.41, 5.74) is 5.45. The molecule has 2 rings (SSSR count). The molecule has 0 aliphatic carbocycles. The van der Waals surface area contributed by atoms with Crippen molar-refractivity contribution in [1.82, 2.24) is 10.9 Å². The second-order valence-electron chi connectivity index (χ2n) is 5.48. The Morgan fingerprint density at radius 2 is 1.65 bits per heavy atom. The molecule has 0 aromatic heterocycles. The average molecular weight is 358 g/mol. The first-order valence-corrected chi connectivity index (χ1v) is 8.04. The second kappa shape index (κ2) is 9.31. The van der Waals surface area contributed by atoms with Crippen LogP contribution in [0.5, 0.6) is 17.2 Å². The Morgan fingerprint density at radius 3 is 2.31 bits per heavy atom. The minimum absolute atomic E-state index is 0.0779. The van der Waals surface area contributed by atoms with Crippen LogP contribution in [0.2, 0.25) is 0 Å². The zero-order valence-electron chi connectivity index (χ0n) is 14.9. The molecule has 0 radical (unpaired) electrons. The first-order chi connectivity index (χ1) is 12.5. The predicted molar refractivity (Wildman–Crippen MR) is 96.1 cm³/mol. The SMILES string of the molecule is COc1ccc(CC(=O)NNC(=O)[C@H](C)Oc2ccccc2)cc1OC. The van der Waals surface area contributed by atoms with E-state index in [0.29, 0.717) is 17.2 Å². The fraction of sp³-hybridized carbons (Fsp3) is 0.263. The number of hydrogen-bond donors (Lipinski definition) is 2. The summed E-state index contributed by atoms with van der Waals surface area (Å²) in [7, 11) is 3.06. The van der Waals surface area contributed by atoms with Gasteiger partial charge in [-0.25, -0.2) is 0 Å². The number of carbonyl (C=O) groups is 2. The summed E-state index contributed by atoms with van der Waals surface area (Å²) in [6.45, 7) is 1.60. The van der Waals surface area contributed by atoms with Crippen molar-refractivity contribution in [2.75, 3.05) is 14.2 Å². The number of nitrogens with one attached hydrogen (secondary N) is 2. The quantitative estimate of drug-likeness (QED) is 0.738. The molecule has 0 heterocycles. The predicted octanol–water partition coefficient (Wildman–Crippen LogP) is 1.86. The van der Waals surface area contributed by atoms with E-state index >= 15 is 0 Å². The summed E-state index contributed by atoms with van der Waals surface area (Å²) >= 11 is 0. The summed E-state index contributed by atoms with van der Waals surface area (Å²) in [5.74, 6) is 0.877. The molecule has 7 nitrogen and oxygen atoms in total. The molecule has 2 amide bonds. The van der Waals surface area contributed by atoms with Gasteiger partial charge in [0.2, 0.25) is 5.91 Å². The summed E-state index contributed by atoms with van der Waals surface area (Å²) in [4.78, 5) is 24.0. The topological polar surface area (TPSA) is 85.9 Å². The highest BCUT2D eigenvalue weighted by atomic mass is 16.5. The van der Waals surface area contributed by atoms with Crippen LogP contribution in [0.25, 0.3) is 0 Å². The molecular formula is C19H22N2O5. The van der Waals surface area contributed by atoms with Gasteiger partial charge in [-0.3, -0.25) is 20.4 Å². The van der Waals surface area contributed by atoms with Crippen molar-refractivity contribution in [2.24, 2.45) is 0 Å². The highest BCUT2D eigenvalue weighted by Crippen LogP contribution is 2.27.